The molecule has 2 aromatic carbocycles. The number of carbonyl (C=O) groups is 1. The van der Waals surface area contributed by atoms with Crippen molar-refractivity contribution in [1.82, 2.24) is 0 Å². The van der Waals surface area contributed by atoms with Crippen LogP contribution in [-0.2, 0) is 0 Å². The van der Waals surface area contributed by atoms with Gasteiger partial charge in [-0.2, -0.15) is 0 Å². The highest BCUT2D eigenvalue weighted by Gasteiger charge is 2.16. The van der Waals surface area contributed by atoms with Crippen molar-refractivity contribution in [2.75, 3.05) is 11.9 Å². The molecule has 0 saturated carbocycles. The van der Waals surface area contributed by atoms with Crippen molar-refractivity contribution in [3.05, 3.63) is 59.2 Å². The summed E-state index contributed by atoms with van der Waals surface area (Å²) in [6.07, 6.45) is 0. The van der Waals surface area contributed by atoms with Gasteiger partial charge in [-0.3, -0.25) is 4.79 Å². The monoisotopic (exact) mass is 255 g/mol. The van der Waals surface area contributed by atoms with Gasteiger partial charge in [0, 0.05) is 23.9 Å². The number of hydrogen-bond donors (Lipinski definition) is 1. The van der Waals surface area contributed by atoms with Crippen LogP contribution in [0.5, 0.6) is 5.75 Å². The number of phenols is 1. The molecule has 0 aromatic heterocycles. The quantitative estimate of drug-likeness (QED) is 0.894. The molecule has 2 aromatic rings. The van der Waals surface area contributed by atoms with Crippen LogP contribution in [0.15, 0.2) is 42.5 Å². The third-order valence-electron chi connectivity index (χ3n) is 3.23. The molecule has 19 heavy (non-hydrogen) atoms. The van der Waals surface area contributed by atoms with E-state index in [0.29, 0.717) is 11.1 Å². The molecule has 1 amide bonds. The van der Waals surface area contributed by atoms with Crippen LogP contribution in [0.25, 0.3) is 0 Å². The Morgan fingerprint density at radius 2 is 1.79 bits per heavy atom. The number of carbonyl (C=O) groups excluding carboxylic acids is 1. The smallest absolute Gasteiger partial charge is 0.258 e. The zero-order valence-electron chi connectivity index (χ0n) is 11.3. The van der Waals surface area contributed by atoms with Gasteiger partial charge in [-0.25, -0.2) is 0 Å². The van der Waals surface area contributed by atoms with Gasteiger partial charge in [-0.15, -0.1) is 0 Å². The maximum Gasteiger partial charge on any atom is 0.258 e. The van der Waals surface area contributed by atoms with Crippen LogP contribution in [0.1, 0.15) is 21.5 Å². The maximum atomic E-state index is 12.4. The predicted octanol–water partition coefficient (Wildman–Crippen LogP) is 3.29. The van der Waals surface area contributed by atoms with E-state index in [1.807, 2.05) is 31.2 Å². The molecule has 0 unspecified atom stereocenters. The van der Waals surface area contributed by atoms with Crippen LogP contribution in [0, 0.1) is 13.8 Å². The van der Waals surface area contributed by atoms with Gasteiger partial charge in [0.1, 0.15) is 5.75 Å². The van der Waals surface area contributed by atoms with Gasteiger partial charge >= 0.3 is 0 Å². The van der Waals surface area contributed by atoms with Gasteiger partial charge < -0.3 is 10.0 Å². The highest BCUT2D eigenvalue weighted by atomic mass is 16.3. The summed E-state index contributed by atoms with van der Waals surface area (Å²) in [6, 6.07) is 12.7. The minimum Gasteiger partial charge on any atom is -0.508 e. The third kappa shape index (κ3) is 2.60. The molecule has 1 N–H and O–H groups in total. The first-order valence-electron chi connectivity index (χ1n) is 6.14. The first kappa shape index (κ1) is 13.1. The number of aromatic hydroxyl groups is 1. The summed E-state index contributed by atoms with van der Waals surface area (Å²) < 4.78 is 0. The van der Waals surface area contributed by atoms with Crippen molar-refractivity contribution in [3.8, 4) is 5.75 Å². The Labute approximate surface area is 113 Å². The van der Waals surface area contributed by atoms with Gasteiger partial charge in [-0.1, -0.05) is 18.2 Å². The molecular formula is C16H17NO2. The molecular weight excluding hydrogens is 238 g/mol. The Kier molecular flexibility index (Phi) is 3.56. The lowest BCUT2D eigenvalue weighted by atomic mass is 10.1. The molecule has 0 radical (unpaired) electrons. The highest BCUT2D eigenvalue weighted by Crippen LogP contribution is 2.23. The van der Waals surface area contributed by atoms with E-state index < -0.39 is 0 Å². The Morgan fingerprint density at radius 1 is 1.11 bits per heavy atom. The number of phenolic OH excluding ortho intramolecular Hbond substituents is 1. The normalized spacial score (nSPS) is 10.3. The summed E-state index contributed by atoms with van der Waals surface area (Å²) in [5.41, 5.74) is 3.06. The first-order valence-corrected chi connectivity index (χ1v) is 6.14. The van der Waals surface area contributed by atoms with Crippen molar-refractivity contribution in [3.63, 3.8) is 0 Å². The van der Waals surface area contributed by atoms with Gasteiger partial charge in [0.15, 0.2) is 0 Å². The SMILES string of the molecule is Cc1cccc(N(C)C(=O)c2cccc(O)c2C)c1. The van der Waals surface area contributed by atoms with Crippen molar-refractivity contribution < 1.29 is 9.90 Å². The number of amides is 1. The van der Waals surface area contributed by atoms with Crippen LogP contribution in [-0.4, -0.2) is 18.1 Å². The average Bonchev–Trinajstić information content (AvgIpc) is 2.40. The molecule has 3 nitrogen and oxygen atoms in total. The number of benzene rings is 2. The zero-order chi connectivity index (χ0) is 14.0. The fraction of sp³-hybridized carbons (Fsp3) is 0.188. The second-order valence-corrected chi connectivity index (χ2v) is 4.65. The molecule has 0 saturated heterocycles. The van der Waals surface area contributed by atoms with E-state index in [4.69, 9.17) is 0 Å². The summed E-state index contributed by atoms with van der Waals surface area (Å²) in [5, 5.41) is 9.67. The largest absolute Gasteiger partial charge is 0.508 e. The van der Waals surface area contributed by atoms with E-state index in [0.717, 1.165) is 11.3 Å². The molecule has 0 aliphatic rings. The second-order valence-electron chi connectivity index (χ2n) is 4.65. The van der Waals surface area contributed by atoms with Gasteiger partial charge in [0.05, 0.1) is 0 Å². The molecule has 0 spiro atoms. The summed E-state index contributed by atoms with van der Waals surface area (Å²) in [4.78, 5) is 14.0. The highest BCUT2D eigenvalue weighted by molar-refractivity contribution is 6.07. The van der Waals surface area contributed by atoms with Crippen molar-refractivity contribution in [2.45, 2.75) is 13.8 Å². The lowest BCUT2D eigenvalue weighted by Crippen LogP contribution is -2.26. The van der Waals surface area contributed by atoms with E-state index in [1.165, 1.54) is 0 Å². The van der Waals surface area contributed by atoms with Crippen LogP contribution in [0.4, 0.5) is 5.69 Å². The van der Waals surface area contributed by atoms with E-state index in [-0.39, 0.29) is 11.7 Å². The molecule has 3 heteroatoms. The summed E-state index contributed by atoms with van der Waals surface area (Å²) >= 11 is 0. The average molecular weight is 255 g/mol. The van der Waals surface area contributed by atoms with E-state index in [1.54, 1.807) is 37.1 Å². The van der Waals surface area contributed by atoms with Crippen molar-refractivity contribution in [1.29, 1.82) is 0 Å². The van der Waals surface area contributed by atoms with Crippen LogP contribution < -0.4 is 4.90 Å². The number of anilines is 1. The molecule has 0 aliphatic carbocycles. The third-order valence-corrected chi connectivity index (χ3v) is 3.23. The summed E-state index contributed by atoms with van der Waals surface area (Å²) in [7, 11) is 1.74. The molecule has 0 fully saturated rings. The Bertz CT molecular complexity index is 620. The number of rotatable bonds is 2. The minimum absolute atomic E-state index is 0.126. The summed E-state index contributed by atoms with van der Waals surface area (Å²) in [6.45, 7) is 3.73. The molecule has 98 valence electrons. The first-order chi connectivity index (χ1) is 9.00. The molecule has 0 atom stereocenters. The molecule has 2 rings (SSSR count). The topological polar surface area (TPSA) is 40.5 Å². The Balaban J connectivity index is 2.36. The van der Waals surface area contributed by atoms with Crippen LogP contribution in [0.3, 0.4) is 0 Å². The van der Waals surface area contributed by atoms with E-state index >= 15 is 0 Å². The van der Waals surface area contributed by atoms with Gasteiger partial charge in [-0.05, 0) is 43.7 Å². The van der Waals surface area contributed by atoms with Crippen LogP contribution >= 0.6 is 0 Å². The molecule has 0 aliphatic heterocycles. The second kappa shape index (κ2) is 5.14. The van der Waals surface area contributed by atoms with Crippen LogP contribution in [0.2, 0.25) is 0 Å². The lowest BCUT2D eigenvalue weighted by molar-refractivity contribution is 0.0992. The van der Waals surface area contributed by atoms with Crippen molar-refractivity contribution >= 4 is 11.6 Å². The van der Waals surface area contributed by atoms with E-state index in [9.17, 15) is 9.90 Å². The lowest BCUT2D eigenvalue weighted by Gasteiger charge is -2.19. The Morgan fingerprint density at radius 3 is 2.47 bits per heavy atom. The molecule has 0 bridgehead atoms. The van der Waals surface area contributed by atoms with E-state index in [2.05, 4.69) is 0 Å². The number of nitrogens with zero attached hydrogens (tertiary/aromatic N) is 1. The molecule has 0 heterocycles. The standard InChI is InChI=1S/C16H17NO2/c1-11-6-4-7-13(10-11)17(3)16(19)14-8-5-9-15(18)12(14)2/h4-10,18H,1-3H3. The zero-order valence-corrected chi connectivity index (χ0v) is 11.3. The summed E-state index contributed by atoms with van der Waals surface area (Å²) in [5.74, 6) is 0.0162. The van der Waals surface area contributed by atoms with Crippen molar-refractivity contribution in [2.24, 2.45) is 0 Å². The fourth-order valence-electron chi connectivity index (χ4n) is 1.99. The number of aryl methyl sites for hydroxylation is 1. The number of hydrogen-bond acceptors (Lipinski definition) is 2. The maximum absolute atomic E-state index is 12.4. The minimum atomic E-state index is -0.126. The van der Waals surface area contributed by atoms with Gasteiger partial charge in [0.2, 0.25) is 0 Å². The predicted molar refractivity (Wildman–Crippen MR) is 76.8 cm³/mol. The fourth-order valence-corrected chi connectivity index (χ4v) is 1.99. The Hall–Kier alpha value is -2.29. The van der Waals surface area contributed by atoms with Gasteiger partial charge in [0.25, 0.3) is 5.91 Å².